The normalized spacial score (nSPS) is 11.7. The quantitative estimate of drug-likeness (QED) is 0.336. The highest BCUT2D eigenvalue weighted by Gasteiger charge is 2.14. The van der Waals surface area contributed by atoms with Gasteiger partial charge in [-0.15, -0.1) is 0 Å². The number of aromatic hydroxyl groups is 1. The molecule has 1 amide bonds. The van der Waals surface area contributed by atoms with Crippen molar-refractivity contribution in [3.8, 4) is 17.2 Å². The number of nitrogens with zero attached hydrogens (tertiary/aromatic N) is 1. The average Bonchev–Trinajstić information content (AvgIpc) is 2.84. The molecule has 0 bridgehead atoms. The molecule has 0 aliphatic heterocycles. The van der Waals surface area contributed by atoms with Crippen molar-refractivity contribution in [3.63, 3.8) is 0 Å². The van der Waals surface area contributed by atoms with Gasteiger partial charge in [-0.3, -0.25) is 4.79 Å². The zero-order chi connectivity index (χ0) is 25.6. The first kappa shape index (κ1) is 25.8. The largest absolute Gasteiger partial charge is 0.506 e. The summed E-state index contributed by atoms with van der Waals surface area (Å²) in [6.45, 7) is 1.87. The number of carbonyl (C=O) groups excluding carboxylic acids is 1. The number of amides is 1. The van der Waals surface area contributed by atoms with Crippen LogP contribution in [0.1, 0.15) is 27.0 Å². The fourth-order valence-corrected chi connectivity index (χ4v) is 4.24. The van der Waals surface area contributed by atoms with Gasteiger partial charge in [0.05, 0.1) is 30.4 Å². The van der Waals surface area contributed by atoms with Crippen LogP contribution in [-0.4, -0.2) is 39.9 Å². The number of phenolic OH excluding ortho intramolecular Hbond substituents is 1. The number of nitrogens with one attached hydrogen (secondary N) is 1. The monoisotopic (exact) mass is 514 g/mol. The molecule has 0 aromatic heterocycles. The Bertz CT molecular complexity index is 1400. The van der Waals surface area contributed by atoms with Gasteiger partial charge in [-0.1, -0.05) is 29.3 Å². The topological polar surface area (TPSA) is 114 Å². The minimum absolute atomic E-state index is 0.0403. The van der Waals surface area contributed by atoms with Crippen LogP contribution in [-0.2, 0) is 9.84 Å². The summed E-state index contributed by atoms with van der Waals surface area (Å²) in [4.78, 5) is 12.4. The molecule has 3 aromatic carbocycles. The second-order valence-electron chi connectivity index (χ2n) is 7.37. The van der Waals surface area contributed by atoms with E-state index < -0.39 is 15.7 Å². The van der Waals surface area contributed by atoms with E-state index in [1.807, 2.05) is 6.92 Å². The van der Waals surface area contributed by atoms with Crippen LogP contribution >= 0.6 is 11.6 Å². The zero-order valence-electron chi connectivity index (χ0n) is 19.2. The molecule has 35 heavy (non-hydrogen) atoms. The summed E-state index contributed by atoms with van der Waals surface area (Å²) in [5.74, 6) is 0.0122. The van der Waals surface area contributed by atoms with Crippen molar-refractivity contribution >= 4 is 39.6 Å². The predicted molar refractivity (Wildman–Crippen MR) is 135 cm³/mol. The van der Waals surface area contributed by atoms with Crippen molar-refractivity contribution in [2.45, 2.75) is 11.8 Å². The Labute approximate surface area is 208 Å². The highest BCUT2D eigenvalue weighted by Crippen LogP contribution is 2.33. The number of hydrogen-bond acceptors (Lipinski definition) is 7. The molecular weight excluding hydrogens is 492 g/mol. The number of methoxy groups -OCH3 is 2. The number of phenols is 1. The smallest absolute Gasteiger partial charge is 0.271 e. The van der Waals surface area contributed by atoms with Crippen molar-refractivity contribution in [1.82, 2.24) is 5.43 Å². The Morgan fingerprint density at radius 1 is 1.06 bits per heavy atom. The van der Waals surface area contributed by atoms with Crippen LogP contribution in [0.15, 0.2) is 70.0 Å². The molecule has 182 valence electrons. The Balaban J connectivity index is 1.87. The molecule has 3 aromatic rings. The third-order valence-electron chi connectivity index (χ3n) is 4.90. The molecule has 0 spiro atoms. The summed E-state index contributed by atoms with van der Waals surface area (Å²) < 4.78 is 36.2. The standard InChI is InChI=1S/C25H23ClN2O6S/c1-16-4-7-20(8-5-16)35(31,32)11-10-18-12-17(13-23(33-2)24(18)34-3)15-27-28-25(30)19-6-9-22(29)21(26)14-19/h4-15,29H,1-3H3,(H,28,30)/b11-10+,27-15+. The van der Waals surface area contributed by atoms with E-state index in [1.54, 1.807) is 36.4 Å². The lowest BCUT2D eigenvalue weighted by Crippen LogP contribution is -2.17. The van der Waals surface area contributed by atoms with Crippen LogP contribution in [0, 0.1) is 6.92 Å². The second-order valence-corrected chi connectivity index (χ2v) is 9.61. The number of rotatable bonds is 8. The van der Waals surface area contributed by atoms with Gasteiger partial charge in [0, 0.05) is 16.5 Å². The zero-order valence-corrected chi connectivity index (χ0v) is 20.7. The van der Waals surface area contributed by atoms with Crippen LogP contribution in [0.3, 0.4) is 0 Å². The molecule has 0 saturated carbocycles. The van der Waals surface area contributed by atoms with Gasteiger partial charge < -0.3 is 14.6 Å². The second kappa shape index (κ2) is 11.1. The molecular formula is C25H23ClN2O6S. The maximum Gasteiger partial charge on any atom is 0.271 e. The van der Waals surface area contributed by atoms with Crippen molar-refractivity contribution < 1.29 is 27.8 Å². The van der Waals surface area contributed by atoms with E-state index >= 15 is 0 Å². The van der Waals surface area contributed by atoms with Crippen molar-refractivity contribution in [1.29, 1.82) is 0 Å². The van der Waals surface area contributed by atoms with E-state index in [2.05, 4.69) is 10.5 Å². The van der Waals surface area contributed by atoms with Gasteiger partial charge in [0.1, 0.15) is 5.75 Å². The number of sulfone groups is 1. The lowest BCUT2D eigenvalue weighted by molar-refractivity contribution is 0.0955. The summed E-state index contributed by atoms with van der Waals surface area (Å²) in [6, 6.07) is 13.8. The van der Waals surface area contributed by atoms with Crippen molar-refractivity contribution in [2.24, 2.45) is 5.10 Å². The minimum atomic E-state index is -3.69. The highest BCUT2D eigenvalue weighted by atomic mass is 35.5. The van der Waals surface area contributed by atoms with Gasteiger partial charge in [0.25, 0.3) is 5.91 Å². The van der Waals surface area contributed by atoms with E-state index in [0.717, 1.165) is 11.0 Å². The number of hydrogen-bond donors (Lipinski definition) is 2. The number of hydrazone groups is 1. The summed E-state index contributed by atoms with van der Waals surface area (Å²) in [5.41, 5.74) is 4.47. The third kappa shape index (κ3) is 6.40. The van der Waals surface area contributed by atoms with Crippen LogP contribution in [0.4, 0.5) is 0 Å². The molecule has 10 heteroatoms. The van der Waals surface area contributed by atoms with E-state index in [0.29, 0.717) is 22.6 Å². The molecule has 0 aliphatic rings. The first-order valence-corrected chi connectivity index (χ1v) is 12.1. The number of aryl methyl sites for hydroxylation is 1. The van der Waals surface area contributed by atoms with Gasteiger partial charge in [0.2, 0.25) is 0 Å². The lowest BCUT2D eigenvalue weighted by Gasteiger charge is -2.12. The molecule has 0 aliphatic carbocycles. The number of ether oxygens (including phenoxy) is 2. The molecule has 0 fully saturated rings. The van der Waals surface area contributed by atoms with Crippen molar-refractivity contribution in [3.05, 3.63) is 87.3 Å². The molecule has 0 heterocycles. The first-order chi connectivity index (χ1) is 16.6. The Morgan fingerprint density at radius 3 is 2.40 bits per heavy atom. The van der Waals surface area contributed by atoms with Gasteiger partial charge in [-0.2, -0.15) is 5.10 Å². The van der Waals surface area contributed by atoms with E-state index in [1.165, 1.54) is 44.7 Å². The van der Waals surface area contributed by atoms with Crippen LogP contribution in [0.5, 0.6) is 17.2 Å². The fraction of sp³-hybridized carbons (Fsp3) is 0.120. The van der Waals surface area contributed by atoms with Gasteiger partial charge in [0.15, 0.2) is 21.3 Å². The van der Waals surface area contributed by atoms with Crippen LogP contribution in [0.2, 0.25) is 5.02 Å². The number of halogens is 1. The van der Waals surface area contributed by atoms with E-state index in [9.17, 15) is 18.3 Å². The summed E-state index contributed by atoms with van der Waals surface area (Å²) >= 11 is 5.83. The molecule has 0 atom stereocenters. The first-order valence-electron chi connectivity index (χ1n) is 10.2. The minimum Gasteiger partial charge on any atom is -0.506 e. The van der Waals surface area contributed by atoms with E-state index in [-0.39, 0.29) is 21.2 Å². The Hall–Kier alpha value is -3.82. The fourth-order valence-electron chi connectivity index (χ4n) is 3.06. The molecule has 0 saturated heterocycles. The van der Waals surface area contributed by atoms with Crippen LogP contribution in [0.25, 0.3) is 6.08 Å². The molecule has 0 unspecified atom stereocenters. The average molecular weight is 515 g/mol. The lowest BCUT2D eigenvalue weighted by atomic mass is 10.1. The Morgan fingerprint density at radius 2 is 1.77 bits per heavy atom. The maximum absolute atomic E-state index is 12.7. The molecule has 8 nitrogen and oxygen atoms in total. The van der Waals surface area contributed by atoms with Gasteiger partial charge in [-0.25, -0.2) is 13.8 Å². The van der Waals surface area contributed by atoms with Gasteiger partial charge in [-0.05, 0) is 61.0 Å². The summed E-state index contributed by atoms with van der Waals surface area (Å²) in [7, 11) is -0.799. The summed E-state index contributed by atoms with van der Waals surface area (Å²) in [6.07, 6.45) is 2.78. The maximum atomic E-state index is 12.7. The van der Waals surface area contributed by atoms with Gasteiger partial charge >= 0.3 is 0 Å². The Kier molecular flexibility index (Phi) is 8.16. The number of carbonyl (C=O) groups is 1. The number of benzene rings is 3. The van der Waals surface area contributed by atoms with E-state index in [4.69, 9.17) is 21.1 Å². The van der Waals surface area contributed by atoms with Crippen molar-refractivity contribution in [2.75, 3.05) is 14.2 Å². The third-order valence-corrected chi connectivity index (χ3v) is 6.62. The molecule has 2 N–H and O–H groups in total. The SMILES string of the molecule is COc1cc(/C=N/NC(=O)c2ccc(O)c(Cl)c2)cc(/C=C/S(=O)(=O)c2ccc(C)cc2)c1OC. The highest BCUT2D eigenvalue weighted by molar-refractivity contribution is 7.94. The van der Waals surface area contributed by atoms with Crippen LogP contribution < -0.4 is 14.9 Å². The molecule has 3 rings (SSSR count). The summed E-state index contributed by atoms with van der Waals surface area (Å²) in [5, 5.41) is 14.5. The predicted octanol–water partition coefficient (Wildman–Crippen LogP) is 4.58. The molecule has 0 radical (unpaired) electrons.